The first-order chi connectivity index (χ1) is 18.9. The highest BCUT2D eigenvalue weighted by molar-refractivity contribution is 5.58. The summed E-state index contributed by atoms with van der Waals surface area (Å²) < 4.78 is 55.0. The Morgan fingerprint density at radius 3 is 1.97 bits per heavy atom. The Bertz CT molecular complexity index is 1330. The molecule has 0 radical (unpaired) electrons. The molecule has 6 nitrogen and oxygen atoms in total. The zero-order chi connectivity index (χ0) is 27.2. The molecule has 2 heterocycles. The maximum absolute atomic E-state index is 12.8. The first kappa shape index (κ1) is 26.8. The summed E-state index contributed by atoms with van der Waals surface area (Å²) in [5.74, 6) is 2.28. The van der Waals surface area contributed by atoms with E-state index in [9.17, 15) is 13.2 Å². The SMILES string of the molecule is COc1ccc(COc2ccc(-c3cc(CN4CCN(Cc5ccc(C(F)(F)F)cc5)CC4)no3)cc2)cc1. The smallest absolute Gasteiger partial charge is 0.416 e. The molecule has 1 saturated heterocycles. The summed E-state index contributed by atoms with van der Waals surface area (Å²) in [4.78, 5) is 4.56. The van der Waals surface area contributed by atoms with Crippen molar-refractivity contribution in [2.24, 2.45) is 0 Å². The van der Waals surface area contributed by atoms with Crippen molar-refractivity contribution < 1.29 is 27.2 Å². The lowest BCUT2D eigenvalue weighted by molar-refractivity contribution is -0.137. The Morgan fingerprint density at radius 2 is 1.36 bits per heavy atom. The molecular weight excluding hydrogens is 507 g/mol. The topological polar surface area (TPSA) is 51.0 Å². The minimum absolute atomic E-state index is 0.466. The van der Waals surface area contributed by atoms with Crippen molar-refractivity contribution >= 4 is 0 Å². The van der Waals surface area contributed by atoms with E-state index in [4.69, 9.17) is 14.0 Å². The van der Waals surface area contributed by atoms with Gasteiger partial charge < -0.3 is 14.0 Å². The van der Waals surface area contributed by atoms with E-state index in [0.717, 1.165) is 72.2 Å². The van der Waals surface area contributed by atoms with Gasteiger partial charge in [0, 0.05) is 50.9 Å². The molecule has 1 aromatic heterocycles. The van der Waals surface area contributed by atoms with Gasteiger partial charge in [0.15, 0.2) is 5.76 Å². The van der Waals surface area contributed by atoms with Crippen LogP contribution in [0.25, 0.3) is 11.3 Å². The fourth-order valence-corrected chi connectivity index (χ4v) is 4.52. The van der Waals surface area contributed by atoms with Gasteiger partial charge in [-0.3, -0.25) is 9.80 Å². The fraction of sp³-hybridized carbons (Fsp3) is 0.300. The number of aromatic nitrogens is 1. The van der Waals surface area contributed by atoms with E-state index in [1.54, 1.807) is 19.2 Å². The van der Waals surface area contributed by atoms with Gasteiger partial charge >= 0.3 is 6.18 Å². The zero-order valence-corrected chi connectivity index (χ0v) is 21.7. The summed E-state index contributed by atoms with van der Waals surface area (Å²) in [5, 5.41) is 4.25. The normalized spacial score (nSPS) is 14.9. The van der Waals surface area contributed by atoms with Crippen molar-refractivity contribution in [1.29, 1.82) is 0 Å². The van der Waals surface area contributed by atoms with Gasteiger partial charge in [-0.05, 0) is 59.7 Å². The van der Waals surface area contributed by atoms with Crippen LogP contribution in [-0.4, -0.2) is 48.2 Å². The van der Waals surface area contributed by atoms with Gasteiger partial charge in [-0.1, -0.05) is 29.4 Å². The standard InChI is InChI=1S/C30H30F3N3O3/c1-37-27-10-4-23(5-11-27)21-38-28-12-6-24(7-13-28)29-18-26(34-39-29)20-36-16-14-35(15-17-36)19-22-2-8-25(9-3-22)30(31,32)33/h2-13,18H,14-17,19-21H2,1H3. The molecule has 1 fully saturated rings. The van der Waals surface area contributed by atoms with Gasteiger partial charge in [-0.2, -0.15) is 13.2 Å². The van der Waals surface area contributed by atoms with Crippen molar-refractivity contribution in [3.8, 4) is 22.8 Å². The number of rotatable bonds is 9. The van der Waals surface area contributed by atoms with E-state index < -0.39 is 11.7 Å². The molecule has 204 valence electrons. The molecule has 0 atom stereocenters. The lowest BCUT2D eigenvalue weighted by atomic mass is 10.1. The quantitative estimate of drug-likeness (QED) is 0.251. The van der Waals surface area contributed by atoms with Crippen LogP contribution in [0.2, 0.25) is 0 Å². The number of alkyl halides is 3. The summed E-state index contributed by atoms with van der Waals surface area (Å²) in [7, 11) is 1.64. The Hall–Kier alpha value is -3.82. The van der Waals surface area contributed by atoms with E-state index in [0.29, 0.717) is 25.5 Å². The second-order valence-electron chi connectivity index (χ2n) is 9.59. The van der Waals surface area contributed by atoms with Crippen LogP contribution in [0, 0.1) is 0 Å². The maximum Gasteiger partial charge on any atom is 0.416 e. The minimum atomic E-state index is -4.30. The van der Waals surface area contributed by atoms with Gasteiger partial charge in [0.1, 0.15) is 18.1 Å². The van der Waals surface area contributed by atoms with Crippen molar-refractivity contribution in [2.45, 2.75) is 25.9 Å². The molecule has 9 heteroatoms. The molecule has 39 heavy (non-hydrogen) atoms. The summed E-state index contributed by atoms with van der Waals surface area (Å²) in [6.45, 7) is 5.16. The van der Waals surface area contributed by atoms with Crippen molar-refractivity contribution in [1.82, 2.24) is 15.0 Å². The van der Waals surface area contributed by atoms with Gasteiger partial charge in [0.05, 0.1) is 18.4 Å². The van der Waals surface area contributed by atoms with Gasteiger partial charge in [0.25, 0.3) is 0 Å². The average Bonchev–Trinajstić information content (AvgIpc) is 3.42. The number of methoxy groups -OCH3 is 1. The Kier molecular flexibility index (Phi) is 8.18. The summed E-state index contributed by atoms with van der Waals surface area (Å²) >= 11 is 0. The monoisotopic (exact) mass is 537 g/mol. The molecule has 0 N–H and O–H groups in total. The third kappa shape index (κ3) is 7.19. The second-order valence-corrected chi connectivity index (χ2v) is 9.59. The van der Waals surface area contributed by atoms with E-state index >= 15 is 0 Å². The highest BCUT2D eigenvalue weighted by Gasteiger charge is 2.30. The molecule has 0 amide bonds. The van der Waals surface area contributed by atoms with Crippen molar-refractivity contribution in [3.63, 3.8) is 0 Å². The maximum atomic E-state index is 12.8. The predicted molar refractivity (Wildman–Crippen MR) is 141 cm³/mol. The van der Waals surface area contributed by atoms with Crippen molar-refractivity contribution in [2.75, 3.05) is 33.3 Å². The molecule has 1 aliphatic heterocycles. The molecule has 4 aromatic rings. The van der Waals surface area contributed by atoms with Gasteiger partial charge in [-0.15, -0.1) is 0 Å². The summed E-state index contributed by atoms with van der Waals surface area (Å²) in [6.07, 6.45) is -4.30. The van der Waals surface area contributed by atoms with E-state index in [1.165, 1.54) is 0 Å². The van der Waals surface area contributed by atoms with E-state index in [1.807, 2.05) is 54.6 Å². The number of hydrogen-bond donors (Lipinski definition) is 0. The van der Waals surface area contributed by atoms with Crippen LogP contribution in [0.5, 0.6) is 11.5 Å². The average molecular weight is 538 g/mol. The second kappa shape index (κ2) is 11.9. The first-order valence-corrected chi connectivity index (χ1v) is 12.8. The Labute approximate surface area is 225 Å². The number of benzene rings is 3. The fourth-order valence-electron chi connectivity index (χ4n) is 4.52. The van der Waals surface area contributed by atoms with Crippen molar-refractivity contribution in [3.05, 3.63) is 101 Å². The minimum Gasteiger partial charge on any atom is -0.497 e. The molecule has 5 rings (SSSR count). The summed E-state index contributed by atoms with van der Waals surface area (Å²) in [6, 6.07) is 22.9. The molecule has 0 spiro atoms. The van der Waals surface area contributed by atoms with Gasteiger partial charge in [-0.25, -0.2) is 0 Å². The highest BCUT2D eigenvalue weighted by atomic mass is 19.4. The number of halogens is 3. The van der Waals surface area contributed by atoms with Gasteiger partial charge in [0.2, 0.25) is 0 Å². The lowest BCUT2D eigenvalue weighted by Gasteiger charge is -2.34. The molecule has 3 aromatic carbocycles. The van der Waals surface area contributed by atoms with Crippen LogP contribution in [-0.2, 0) is 25.9 Å². The zero-order valence-electron chi connectivity index (χ0n) is 21.7. The van der Waals surface area contributed by atoms with Crippen LogP contribution >= 0.6 is 0 Å². The molecule has 0 saturated carbocycles. The van der Waals surface area contributed by atoms with Crippen LogP contribution in [0.3, 0.4) is 0 Å². The molecular formula is C30H30F3N3O3. The molecule has 1 aliphatic rings. The predicted octanol–water partition coefficient (Wildman–Crippen LogP) is 6.27. The Morgan fingerprint density at radius 1 is 0.769 bits per heavy atom. The highest BCUT2D eigenvalue weighted by Crippen LogP contribution is 2.29. The summed E-state index contributed by atoms with van der Waals surface area (Å²) in [5.41, 5.74) is 3.11. The van der Waals surface area contributed by atoms with E-state index in [2.05, 4.69) is 15.0 Å². The number of ether oxygens (including phenoxy) is 2. The first-order valence-electron chi connectivity index (χ1n) is 12.8. The van der Waals surface area contributed by atoms with Crippen LogP contribution in [0.1, 0.15) is 22.4 Å². The third-order valence-corrected chi connectivity index (χ3v) is 6.80. The third-order valence-electron chi connectivity index (χ3n) is 6.80. The van der Waals surface area contributed by atoms with Crippen LogP contribution in [0.4, 0.5) is 13.2 Å². The number of hydrogen-bond acceptors (Lipinski definition) is 6. The van der Waals surface area contributed by atoms with Crippen LogP contribution < -0.4 is 9.47 Å². The largest absolute Gasteiger partial charge is 0.497 e. The van der Waals surface area contributed by atoms with E-state index in [-0.39, 0.29) is 0 Å². The number of nitrogens with zero attached hydrogens (tertiary/aromatic N) is 3. The number of piperazine rings is 1. The molecule has 0 bridgehead atoms. The Balaban J connectivity index is 1.08. The molecule has 0 aliphatic carbocycles. The lowest BCUT2D eigenvalue weighted by Crippen LogP contribution is -2.45. The molecule has 0 unspecified atom stereocenters. The van der Waals surface area contributed by atoms with Crippen LogP contribution in [0.15, 0.2) is 83.4 Å².